The summed E-state index contributed by atoms with van der Waals surface area (Å²) < 4.78 is 11.6. The van der Waals surface area contributed by atoms with E-state index in [1.54, 1.807) is 6.07 Å². The third kappa shape index (κ3) is 5.23. The summed E-state index contributed by atoms with van der Waals surface area (Å²) in [6, 6.07) is 9.45. The average molecular weight is 393 g/mol. The zero-order valence-corrected chi connectivity index (χ0v) is 15.8. The van der Waals surface area contributed by atoms with Crippen LogP contribution in [0.5, 0.6) is 5.75 Å². The normalized spacial score (nSPS) is 11.7. The van der Waals surface area contributed by atoms with Crippen molar-refractivity contribution < 1.29 is 13.9 Å². The predicted octanol–water partition coefficient (Wildman–Crippen LogP) is 4.18. The number of rotatable bonds is 5. The van der Waals surface area contributed by atoms with Gasteiger partial charge in [0.05, 0.1) is 10.7 Å². The van der Waals surface area contributed by atoms with Gasteiger partial charge in [0, 0.05) is 0 Å². The van der Waals surface area contributed by atoms with Crippen LogP contribution in [0.3, 0.4) is 0 Å². The summed E-state index contributed by atoms with van der Waals surface area (Å²) in [4.78, 5) is 11.8. The van der Waals surface area contributed by atoms with Crippen LogP contribution in [0.4, 0.5) is 0 Å². The Hall–Kier alpha value is -2.08. The summed E-state index contributed by atoms with van der Waals surface area (Å²) in [6.07, 6.45) is 1.44. The van der Waals surface area contributed by atoms with Crippen molar-refractivity contribution in [2.75, 3.05) is 6.61 Å². The van der Waals surface area contributed by atoms with E-state index in [4.69, 9.17) is 9.15 Å². The highest BCUT2D eigenvalue weighted by Gasteiger charge is 2.15. The summed E-state index contributed by atoms with van der Waals surface area (Å²) >= 11 is 3.48. The van der Waals surface area contributed by atoms with Gasteiger partial charge in [-0.15, -0.1) is 0 Å². The van der Waals surface area contributed by atoms with Crippen molar-refractivity contribution in [1.29, 1.82) is 0 Å². The molecule has 1 heterocycles. The number of benzene rings is 1. The van der Waals surface area contributed by atoms with Crippen LogP contribution in [0.15, 0.2) is 44.3 Å². The quantitative estimate of drug-likeness (QED) is 0.613. The number of ether oxygens (including phenoxy) is 1. The number of hydrogen-bond acceptors (Lipinski definition) is 4. The predicted molar refractivity (Wildman–Crippen MR) is 97.5 cm³/mol. The molecule has 0 bridgehead atoms. The molecule has 0 saturated heterocycles. The number of halogens is 1. The Morgan fingerprint density at radius 1 is 1.33 bits per heavy atom. The van der Waals surface area contributed by atoms with Crippen molar-refractivity contribution in [3.8, 4) is 5.75 Å². The molecule has 128 valence electrons. The molecule has 0 fully saturated rings. The third-order valence-corrected chi connectivity index (χ3v) is 3.92. The van der Waals surface area contributed by atoms with Crippen molar-refractivity contribution in [2.24, 2.45) is 5.10 Å². The van der Waals surface area contributed by atoms with Crippen molar-refractivity contribution in [2.45, 2.75) is 33.1 Å². The molecule has 2 aromatic rings. The number of hydrazone groups is 1. The van der Waals surface area contributed by atoms with Gasteiger partial charge in [-0.3, -0.25) is 4.79 Å². The van der Waals surface area contributed by atoms with Crippen molar-refractivity contribution in [3.63, 3.8) is 0 Å². The lowest BCUT2D eigenvalue weighted by molar-refractivity contribution is -0.123. The smallest absolute Gasteiger partial charge is 0.277 e. The summed E-state index contributed by atoms with van der Waals surface area (Å²) in [6.45, 7) is 8.14. The average Bonchev–Trinajstić information content (AvgIpc) is 2.90. The summed E-state index contributed by atoms with van der Waals surface area (Å²) in [5.41, 5.74) is 3.63. The Bertz CT molecular complexity index is 745. The Labute approximate surface area is 150 Å². The molecule has 5 nitrogen and oxygen atoms in total. The van der Waals surface area contributed by atoms with Gasteiger partial charge in [0.2, 0.25) is 0 Å². The van der Waals surface area contributed by atoms with Crippen LogP contribution in [0.1, 0.15) is 37.9 Å². The Balaban J connectivity index is 1.86. The summed E-state index contributed by atoms with van der Waals surface area (Å²) in [5, 5.41) is 3.83. The van der Waals surface area contributed by atoms with Crippen molar-refractivity contribution in [1.82, 2.24) is 5.43 Å². The third-order valence-electron chi connectivity index (χ3n) is 3.30. The van der Waals surface area contributed by atoms with Crippen LogP contribution < -0.4 is 10.2 Å². The van der Waals surface area contributed by atoms with Gasteiger partial charge < -0.3 is 9.15 Å². The second kappa shape index (κ2) is 7.66. The van der Waals surface area contributed by atoms with Gasteiger partial charge in [-0.2, -0.15) is 5.10 Å². The molecule has 0 radical (unpaired) electrons. The van der Waals surface area contributed by atoms with Crippen LogP contribution >= 0.6 is 15.9 Å². The first-order valence-electron chi connectivity index (χ1n) is 7.57. The van der Waals surface area contributed by atoms with Crippen LogP contribution in [-0.4, -0.2) is 18.7 Å². The van der Waals surface area contributed by atoms with Gasteiger partial charge >= 0.3 is 0 Å². The number of aryl methyl sites for hydroxylation is 1. The number of hydrogen-bond donors (Lipinski definition) is 1. The molecule has 0 aliphatic heterocycles. The van der Waals surface area contributed by atoms with E-state index < -0.39 is 0 Å². The molecule has 0 atom stereocenters. The molecular weight excluding hydrogens is 372 g/mol. The molecule has 0 aliphatic rings. The monoisotopic (exact) mass is 392 g/mol. The molecule has 1 aromatic carbocycles. The van der Waals surface area contributed by atoms with E-state index in [0.717, 1.165) is 10.2 Å². The summed E-state index contributed by atoms with van der Waals surface area (Å²) in [5.74, 6) is 1.63. The van der Waals surface area contributed by atoms with Crippen LogP contribution in [0.25, 0.3) is 0 Å². The maximum atomic E-state index is 11.8. The zero-order valence-electron chi connectivity index (χ0n) is 14.2. The summed E-state index contributed by atoms with van der Waals surface area (Å²) in [7, 11) is 0. The minimum Gasteiger partial charge on any atom is -0.483 e. The fourth-order valence-corrected chi connectivity index (χ4v) is 2.44. The number of carbonyl (C=O) groups excluding carboxylic acids is 1. The molecule has 0 unspecified atom stereocenters. The first-order chi connectivity index (χ1) is 11.3. The molecule has 0 saturated carbocycles. The second-order valence-electron chi connectivity index (χ2n) is 6.43. The number of furan rings is 1. The highest BCUT2D eigenvalue weighted by Crippen LogP contribution is 2.31. The van der Waals surface area contributed by atoms with Gasteiger partial charge in [-0.05, 0) is 58.1 Å². The van der Waals surface area contributed by atoms with Gasteiger partial charge in [0.15, 0.2) is 6.61 Å². The van der Waals surface area contributed by atoms with Gasteiger partial charge in [0.1, 0.15) is 17.3 Å². The lowest BCUT2D eigenvalue weighted by Crippen LogP contribution is -2.24. The lowest BCUT2D eigenvalue weighted by Gasteiger charge is -2.20. The Kier molecular flexibility index (Phi) is 5.83. The molecule has 2 rings (SSSR count). The van der Waals surface area contributed by atoms with Crippen LogP contribution in [-0.2, 0) is 10.2 Å². The van der Waals surface area contributed by atoms with Crippen LogP contribution in [0, 0.1) is 6.92 Å². The lowest BCUT2D eigenvalue weighted by atomic mass is 9.87. The number of amides is 1. The SMILES string of the molecule is Cc1ccc(C=NNC(=O)COc2ccc(C(C)(C)C)cc2Br)o1. The van der Waals surface area contributed by atoms with E-state index in [9.17, 15) is 4.79 Å². The topological polar surface area (TPSA) is 63.8 Å². The molecule has 1 amide bonds. The van der Waals surface area contributed by atoms with Crippen molar-refractivity contribution in [3.05, 3.63) is 51.9 Å². The van der Waals surface area contributed by atoms with Crippen LogP contribution in [0.2, 0.25) is 0 Å². The minimum atomic E-state index is -0.346. The molecule has 6 heteroatoms. The van der Waals surface area contributed by atoms with Crippen molar-refractivity contribution >= 4 is 28.1 Å². The van der Waals surface area contributed by atoms with E-state index in [1.807, 2.05) is 31.2 Å². The molecule has 0 spiro atoms. The Morgan fingerprint density at radius 3 is 2.67 bits per heavy atom. The number of carbonyl (C=O) groups is 1. The molecule has 1 aromatic heterocycles. The van der Waals surface area contributed by atoms with E-state index in [-0.39, 0.29) is 17.9 Å². The maximum Gasteiger partial charge on any atom is 0.277 e. The highest BCUT2D eigenvalue weighted by molar-refractivity contribution is 9.10. The number of nitrogens with zero attached hydrogens (tertiary/aromatic N) is 1. The minimum absolute atomic E-state index is 0.0529. The first kappa shape index (κ1) is 18.3. The molecule has 0 aliphatic carbocycles. The van der Waals surface area contributed by atoms with E-state index in [1.165, 1.54) is 11.8 Å². The zero-order chi connectivity index (χ0) is 17.7. The van der Waals surface area contributed by atoms with E-state index in [0.29, 0.717) is 11.5 Å². The maximum absolute atomic E-state index is 11.8. The molecular formula is C18H21BrN2O3. The largest absolute Gasteiger partial charge is 0.483 e. The van der Waals surface area contributed by atoms with Gasteiger partial charge in [-0.1, -0.05) is 26.8 Å². The molecule has 24 heavy (non-hydrogen) atoms. The highest BCUT2D eigenvalue weighted by atomic mass is 79.9. The fourth-order valence-electron chi connectivity index (χ4n) is 1.95. The second-order valence-corrected chi connectivity index (χ2v) is 7.28. The van der Waals surface area contributed by atoms with E-state index in [2.05, 4.69) is 47.2 Å². The fraction of sp³-hybridized carbons (Fsp3) is 0.333. The standard InChI is InChI=1S/C18H21BrN2O3/c1-12-5-7-14(24-12)10-20-21-17(22)11-23-16-8-6-13(9-15(16)19)18(2,3)4/h5-10H,11H2,1-4H3,(H,21,22). The van der Waals surface area contributed by atoms with Gasteiger partial charge in [0.25, 0.3) is 5.91 Å². The van der Waals surface area contributed by atoms with E-state index >= 15 is 0 Å². The molecule has 1 N–H and O–H groups in total. The first-order valence-corrected chi connectivity index (χ1v) is 8.36. The van der Waals surface area contributed by atoms with Gasteiger partial charge in [-0.25, -0.2) is 5.43 Å². The Morgan fingerprint density at radius 2 is 2.08 bits per heavy atom. The number of nitrogens with one attached hydrogen (secondary N) is 1.